The number of benzene rings is 2. The molecule has 0 unspecified atom stereocenters. The number of aromatic nitrogens is 3. The van der Waals surface area contributed by atoms with Gasteiger partial charge in [0, 0.05) is 17.7 Å². The second-order valence-electron chi connectivity index (χ2n) is 8.16. The first kappa shape index (κ1) is 25.7. The Labute approximate surface area is 202 Å². The molecule has 1 aliphatic heterocycles. The molecule has 1 amide bonds. The third-order valence-corrected chi connectivity index (χ3v) is 5.88. The number of amides is 1. The van der Waals surface area contributed by atoms with Gasteiger partial charge in [0.25, 0.3) is 5.91 Å². The van der Waals surface area contributed by atoms with E-state index in [4.69, 9.17) is 4.74 Å². The first-order valence-corrected chi connectivity index (χ1v) is 10.9. The van der Waals surface area contributed by atoms with E-state index in [9.17, 15) is 38.4 Å². The van der Waals surface area contributed by atoms with Crippen LogP contribution in [0.2, 0.25) is 0 Å². The van der Waals surface area contributed by atoms with Gasteiger partial charge >= 0.3 is 0 Å². The lowest BCUT2D eigenvalue weighted by Crippen LogP contribution is -2.62. The molecule has 36 heavy (non-hydrogen) atoms. The van der Waals surface area contributed by atoms with E-state index >= 15 is 0 Å². The summed E-state index contributed by atoms with van der Waals surface area (Å²) in [5.41, 5.74) is 0.320. The maximum atomic E-state index is 13.7. The van der Waals surface area contributed by atoms with Crippen molar-refractivity contribution in [3.63, 3.8) is 0 Å². The van der Waals surface area contributed by atoms with Crippen LogP contribution in [-0.2, 0) is 4.74 Å². The Morgan fingerprint density at radius 3 is 2.50 bits per heavy atom. The number of halogens is 3. The summed E-state index contributed by atoms with van der Waals surface area (Å²) in [5.74, 6) is -3.86. The zero-order valence-corrected chi connectivity index (χ0v) is 18.7. The predicted octanol–water partition coefficient (Wildman–Crippen LogP) is 0.477. The van der Waals surface area contributed by atoms with Crippen molar-refractivity contribution in [2.75, 3.05) is 19.8 Å². The average molecular weight is 508 g/mol. The molecule has 2 aromatic carbocycles. The van der Waals surface area contributed by atoms with E-state index in [0.29, 0.717) is 11.6 Å². The van der Waals surface area contributed by atoms with Gasteiger partial charge in [0.2, 0.25) is 0 Å². The van der Waals surface area contributed by atoms with Crippen LogP contribution >= 0.6 is 0 Å². The number of carbonyl (C=O) groups is 1. The molecule has 4 rings (SSSR count). The molecule has 1 aromatic heterocycles. The third-order valence-electron chi connectivity index (χ3n) is 5.88. The summed E-state index contributed by atoms with van der Waals surface area (Å²) in [6.07, 6.45) is -4.69. The lowest BCUT2D eigenvalue weighted by Gasteiger charge is -2.46. The molecule has 192 valence electrons. The maximum Gasteiger partial charge on any atom is 0.256 e. The highest BCUT2D eigenvalue weighted by atomic mass is 19.2. The summed E-state index contributed by atoms with van der Waals surface area (Å²) in [5, 5.41) is 49.1. The Bertz CT molecular complexity index is 1230. The standard InChI is InChI=1S/C23H23F3N4O6/c24-14-3-1-2-12(8-14)17-10-30(28-27-17)19-20(33)18(11-32)36-23(21(19)34)29(6-7-31)22(35)13-4-5-15(25)16(26)9-13/h1-5,8-10,18-21,23,31-34H,6-7,11H2/t18-,19+,20+,21-,23-/m1/s1. The van der Waals surface area contributed by atoms with Gasteiger partial charge in [-0.15, -0.1) is 5.10 Å². The van der Waals surface area contributed by atoms with E-state index in [2.05, 4.69) is 10.3 Å². The van der Waals surface area contributed by atoms with Crippen molar-refractivity contribution in [3.05, 3.63) is 71.7 Å². The Balaban J connectivity index is 1.68. The van der Waals surface area contributed by atoms with E-state index < -0.39 is 67.2 Å². The van der Waals surface area contributed by atoms with Gasteiger partial charge in [-0.1, -0.05) is 17.3 Å². The minimum atomic E-state index is -1.68. The summed E-state index contributed by atoms with van der Waals surface area (Å²) in [7, 11) is 0. The fraction of sp³-hybridized carbons (Fsp3) is 0.348. The summed E-state index contributed by atoms with van der Waals surface area (Å²) >= 11 is 0. The van der Waals surface area contributed by atoms with Gasteiger partial charge in [-0.3, -0.25) is 4.79 Å². The molecule has 0 saturated carbocycles. The van der Waals surface area contributed by atoms with Crippen molar-refractivity contribution >= 4 is 5.91 Å². The van der Waals surface area contributed by atoms with Crippen LogP contribution in [0.1, 0.15) is 16.4 Å². The molecule has 13 heteroatoms. The number of hydrogen-bond acceptors (Lipinski definition) is 8. The molecule has 0 bridgehead atoms. The second kappa shape index (κ2) is 10.7. The maximum absolute atomic E-state index is 13.7. The van der Waals surface area contributed by atoms with E-state index in [1.54, 1.807) is 6.07 Å². The number of hydrogen-bond donors (Lipinski definition) is 4. The number of nitrogens with zero attached hydrogens (tertiary/aromatic N) is 4. The van der Waals surface area contributed by atoms with Crippen LogP contribution in [0.25, 0.3) is 11.3 Å². The Morgan fingerprint density at radius 1 is 1.06 bits per heavy atom. The largest absolute Gasteiger partial charge is 0.395 e. The lowest BCUT2D eigenvalue weighted by atomic mass is 9.94. The fourth-order valence-corrected chi connectivity index (χ4v) is 4.10. The van der Waals surface area contributed by atoms with Gasteiger partial charge in [-0.05, 0) is 30.3 Å². The van der Waals surface area contributed by atoms with E-state index in [-0.39, 0.29) is 17.8 Å². The number of aliphatic hydroxyl groups excluding tert-OH is 4. The van der Waals surface area contributed by atoms with Gasteiger partial charge in [0.1, 0.15) is 35.9 Å². The highest BCUT2D eigenvalue weighted by Gasteiger charge is 2.49. The number of aliphatic hydroxyl groups is 4. The van der Waals surface area contributed by atoms with Gasteiger partial charge in [0.15, 0.2) is 17.9 Å². The highest BCUT2D eigenvalue weighted by molar-refractivity contribution is 5.94. The summed E-state index contributed by atoms with van der Waals surface area (Å²) in [6.45, 7) is -1.67. The van der Waals surface area contributed by atoms with Crippen molar-refractivity contribution in [1.29, 1.82) is 0 Å². The monoisotopic (exact) mass is 508 g/mol. The van der Waals surface area contributed by atoms with Crippen molar-refractivity contribution in [3.8, 4) is 11.3 Å². The van der Waals surface area contributed by atoms with Crippen LogP contribution in [0.3, 0.4) is 0 Å². The van der Waals surface area contributed by atoms with Gasteiger partial charge in [-0.25, -0.2) is 17.9 Å². The molecule has 0 aliphatic carbocycles. The minimum Gasteiger partial charge on any atom is -0.395 e. The quantitative estimate of drug-likeness (QED) is 0.361. The smallest absolute Gasteiger partial charge is 0.256 e. The molecule has 0 spiro atoms. The zero-order valence-electron chi connectivity index (χ0n) is 18.7. The molecular weight excluding hydrogens is 485 g/mol. The van der Waals surface area contributed by atoms with Crippen LogP contribution in [0.4, 0.5) is 13.2 Å². The average Bonchev–Trinajstić information content (AvgIpc) is 3.34. The molecule has 1 aliphatic rings. The molecule has 5 atom stereocenters. The first-order chi connectivity index (χ1) is 17.2. The molecule has 1 saturated heterocycles. The van der Waals surface area contributed by atoms with Crippen molar-refractivity contribution in [2.24, 2.45) is 0 Å². The molecule has 1 fully saturated rings. The van der Waals surface area contributed by atoms with Crippen molar-refractivity contribution in [2.45, 2.75) is 30.6 Å². The molecule has 2 heterocycles. The zero-order chi connectivity index (χ0) is 26.0. The van der Waals surface area contributed by atoms with Crippen LogP contribution in [-0.4, -0.2) is 90.5 Å². The van der Waals surface area contributed by atoms with E-state index in [0.717, 1.165) is 21.7 Å². The topological polar surface area (TPSA) is 141 Å². The molecule has 0 radical (unpaired) electrons. The van der Waals surface area contributed by atoms with E-state index in [1.165, 1.54) is 24.4 Å². The Morgan fingerprint density at radius 2 is 1.83 bits per heavy atom. The van der Waals surface area contributed by atoms with Crippen LogP contribution in [0.15, 0.2) is 48.7 Å². The first-order valence-electron chi connectivity index (χ1n) is 10.9. The van der Waals surface area contributed by atoms with Crippen LogP contribution in [0.5, 0.6) is 0 Å². The normalized spacial score (nSPS) is 24.0. The molecule has 4 N–H and O–H groups in total. The highest BCUT2D eigenvalue weighted by Crippen LogP contribution is 2.33. The predicted molar refractivity (Wildman–Crippen MR) is 117 cm³/mol. The number of ether oxygens (including phenoxy) is 1. The van der Waals surface area contributed by atoms with Gasteiger partial charge < -0.3 is 30.1 Å². The van der Waals surface area contributed by atoms with Gasteiger partial charge in [0.05, 0.1) is 19.4 Å². The number of carbonyl (C=O) groups excluding carboxylic acids is 1. The molecule has 10 nitrogen and oxygen atoms in total. The summed E-state index contributed by atoms with van der Waals surface area (Å²) < 4.78 is 47.4. The Kier molecular flexibility index (Phi) is 7.66. The lowest BCUT2D eigenvalue weighted by molar-refractivity contribution is -0.239. The third kappa shape index (κ3) is 4.96. The summed E-state index contributed by atoms with van der Waals surface area (Å²) in [6, 6.07) is 6.66. The number of rotatable bonds is 7. The summed E-state index contributed by atoms with van der Waals surface area (Å²) in [4.78, 5) is 14.0. The van der Waals surface area contributed by atoms with Gasteiger partial charge in [-0.2, -0.15) is 0 Å². The molecule has 3 aromatic rings. The van der Waals surface area contributed by atoms with Crippen LogP contribution in [0, 0.1) is 17.5 Å². The Hall–Kier alpha value is -3.36. The SMILES string of the molecule is O=C(c1ccc(F)c(F)c1)N(CCO)[C@@H]1O[C@H](CO)[C@H](O)[C@H](n2cc(-c3cccc(F)c3)nn2)[C@H]1O. The molecular formula is C23H23F3N4O6. The van der Waals surface area contributed by atoms with E-state index in [1.807, 2.05) is 0 Å². The fourth-order valence-electron chi connectivity index (χ4n) is 4.10. The van der Waals surface area contributed by atoms with Crippen LogP contribution < -0.4 is 0 Å². The minimum absolute atomic E-state index is 0.225. The second-order valence-corrected chi connectivity index (χ2v) is 8.16. The van der Waals surface area contributed by atoms with Crippen molar-refractivity contribution < 1.29 is 43.1 Å². The van der Waals surface area contributed by atoms with Crippen molar-refractivity contribution in [1.82, 2.24) is 19.9 Å².